The number of aromatic carboxylic acids is 1. The molecule has 102 valence electrons. The molecule has 1 aromatic carbocycles. The van der Waals surface area contributed by atoms with Crippen LogP contribution >= 0.6 is 0 Å². The molecule has 2 rings (SSSR count). The third-order valence-electron chi connectivity index (χ3n) is 3.42. The van der Waals surface area contributed by atoms with Gasteiger partial charge in [-0.25, -0.2) is 9.59 Å². The molecule has 0 heterocycles. The Balaban J connectivity index is 2.02. The van der Waals surface area contributed by atoms with E-state index in [1.807, 2.05) is 13.8 Å². The van der Waals surface area contributed by atoms with Gasteiger partial charge in [0, 0.05) is 11.7 Å². The lowest BCUT2D eigenvalue weighted by atomic mass is 10.1. The predicted molar refractivity (Wildman–Crippen MR) is 72.5 cm³/mol. The van der Waals surface area contributed by atoms with Gasteiger partial charge in [0.2, 0.25) is 0 Å². The second kappa shape index (κ2) is 5.30. The van der Waals surface area contributed by atoms with Gasteiger partial charge in [0.1, 0.15) is 0 Å². The summed E-state index contributed by atoms with van der Waals surface area (Å²) < 4.78 is 0. The Hall–Kier alpha value is -2.04. The summed E-state index contributed by atoms with van der Waals surface area (Å²) in [5.41, 5.74) is 1.52. The van der Waals surface area contributed by atoms with E-state index < -0.39 is 5.97 Å². The fourth-order valence-corrected chi connectivity index (χ4v) is 1.97. The quantitative estimate of drug-likeness (QED) is 0.780. The minimum atomic E-state index is -1.00. The molecule has 1 aliphatic carbocycles. The Kier molecular flexibility index (Phi) is 3.74. The number of aryl methyl sites for hydroxylation is 1. The van der Waals surface area contributed by atoms with E-state index in [2.05, 4.69) is 10.6 Å². The summed E-state index contributed by atoms with van der Waals surface area (Å²) in [5.74, 6) is -0.424. The largest absolute Gasteiger partial charge is 0.478 e. The Morgan fingerprint density at radius 1 is 1.37 bits per heavy atom. The molecule has 0 radical (unpaired) electrons. The molecule has 0 aromatic heterocycles. The van der Waals surface area contributed by atoms with Crippen molar-refractivity contribution in [2.45, 2.75) is 32.7 Å². The minimum absolute atomic E-state index is 0.156. The molecule has 1 unspecified atom stereocenters. The normalized spacial score (nSPS) is 15.7. The van der Waals surface area contributed by atoms with Gasteiger partial charge in [-0.3, -0.25) is 0 Å². The average molecular weight is 262 g/mol. The highest BCUT2D eigenvalue weighted by molar-refractivity contribution is 5.94. The van der Waals surface area contributed by atoms with Gasteiger partial charge in [0.05, 0.1) is 5.56 Å². The summed E-state index contributed by atoms with van der Waals surface area (Å²) in [6.07, 6.45) is 2.32. The van der Waals surface area contributed by atoms with Crippen molar-refractivity contribution >= 4 is 17.7 Å². The van der Waals surface area contributed by atoms with Crippen molar-refractivity contribution in [2.24, 2.45) is 5.92 Å². The standard InChI is InChI=1S/C14H18N2O3/c1-8-3-4-11(13(17)18)7-12(8)16-14(19)15-9(2)10-5-6-10/h3-4,7,9-10H,5-6H2,1-2H3,(H,17,18)(H2,15,16,19). The van der Waals surface area contributed by atoms with Crippen LogP contribution < -0.4 is 10.6 Å². The van der Waals surface area contributed by atoms with Crippen LogP contribution in [0.3, 0.4) is 0 Å². The number of rotatable bonds is 4. The summed E-state index contributed by atoms with van der Waals surface area (Å²) in [4.78, 5) is 22.7. The third kappa shape index (κ3) is 3.47. The van der Waals surface area contributed by atoms with Crippen LogP contribution in [0.25, 0.3) is 0 Å². The number of amides is 2. The first-order valence-corrected chi connectivity index (χ1v) is 6.39. The van der Waals surface area contributed by atoms with Crippen LogP contribution in [0.5, 0.6) is 0 Å². The van der Waals surface area contributed by atoms with Crippen LogP contribution in [0.15, 0.2) is 18.2 Å². The lowest BCUT2D eigenvalue weighted by molar-refractivity contribution is 0.0697. The molecule has 0 spiro atoms. The first-order chi connectivity index (χ1) is 8.97. The van der Waals surface area contributed by atoms with Crippen LogP contribution in [0.2, 0.25) is 0 Å². The Morgan fingerprint density at radius 2 is 2.05 bits per heavy atom. The van der Waals surface area contributed by atoms with Crippen molar-refractivity contribution in [3.8, 4) is 0 Å². The van der Waals surface area contributed by atoms with Gasteiger partial charge in [-0.15, -0.1) is 0 Å². The Labute approximate surface area is 112 Å². The maximum Gasteiger partial charge on any atom is 0.335 e. The number of urea groups is 1. The smallest absolute Gasteiger partial charge is 0.335 e. The van der Waals surface area contributed by atoms with Crippen LogP contribution in [0, 0.1) is 12.8 Å². The minimum Gasteiger partial charge on any atom is -0.478 e. The van der Waals surface area contributed by atoms with Crippen LogP contribution in [-0.4, -0.2) is 23.1 Å². The van der Waals surface area contributed by atoms with Gasteiger partial charge in [-0.2, -0.15) is 0 Å². The molecule has 5 nitrogen and oxygen atoms in total. The number of carbonyl (C=O) groups is 2. The zero-order valence-electron chi connectivity index (χ0n) is 11.1. The number of hydrogen-bond donors (Lipinski definition) is 3. The van der Waals surface area contributed by atoms with E-state index in [4.69, 9.17) is 5.11 Å². The molecule has 2 amide bonds. The van der Waals surface area contributed by atoms with Gasteiger partial charge in [0.15, 0.2) is 0 Å². The SMILES string of the molecule is Cc1ccc(C(=O)O)cc1NC(=O)NC(C)C1CC1. The lowest BCUT2D eigenvalue weighted by Gasteiger charge is -2.15. The molecule has 3 N–H and O–H groups in total. The first-order valence-electron chi connectivity index (χ1n) is 6.39. The molecule has 1 fully saturated rings. The van der Waals surface area contributed by atoms with E-state index in [1.165, 1.54) is 12.1 Å². The Morgan fingerprint density at radius 3 is 2.63 bits per heavy atom. The number of nitrogens with one attached hydrogen (secondary N) is 2. The van der Waals surface area contributed by atoms with E-state index in [1.54, 1.807) is 6.07 Å². The van der Waals surface area contributed by atoms with Crippen molar-refractivity contribution in [3.05, 3.63) is 29.3 Å². The molecule has 1 aromatic rings. The van der Waals surface area contributed by atoms with E-state index in [0.717, 1.165) is 18.4 Å². The zero-order valence-corrected chi connectivity index (χ0v) is 11.1. The maximum absolute atomic E-state index is 11.8. The molecule has 0 bridgehead atoms. The summed E-state index contributed by atoms with van der Waals surface area (Å²) >= 11 is 0. The van der Waals surface area contributed by atoms with E-state index >= 15 is 0 Å². The van der Waals surface area contributed by atoms with Gasteiger partial charge in [0.25, 0.3) is 0 Å². The summed E-state index contributed by atoms with van der Waals surface area (Å²) in [5, 5.41) is 14.5. The van der Waals surface area contributed by atoms with Crippen molar-refractivity contribution in [1.82, 2.24) is 5.32 Å². The molecule has 0 aliphatic heterocycles. The van der Waals surface area contributed by atoms with Crippen LogP contribution in [-0.2, 0) is 0 Å². The fourth-order valence-electron chi connectivity index (χ4n) is 1.97. The molecule has 1 aliphatic rings. The van der Waals surface area contributed by atoms with Gasteiger partial charge in [-0.05, 0) is 50.3 Å². The van der Waals surface area contributed by atoms with Gasteiger partial charge >= 0.3 is 12.0 Å². The van der Waals surface area contributed by atoms with Gasteiger partial charge < -0.3 is 15.7 Å². The van der Waals surface area contributed by atoms with Crippen molar-refractivity contribution in [2.75, 3.05) is 5.32 Å². The number of carboxylic acids is 1. The highest BCUT2D eigenvalue weighted by Crippen LogP contribution is 2.32. The van der Waals surface area contributed by atoms with E-state index in [9.17, 15) is 9.59 Å². The van der Waals surface area contributed by atoms with Crippen LogP contribution in [0.4, 0.5) is 10.5 Å². The third-order valence-corrected chi connectivity index (χ3v) is 3.42. The molecular formula is C14H18N2O3. The van der Waals surface area contributed by atoms with E-state index in [0.29, 0.717) is 11.6 Å². The molecular weight excluding hydrogens is 244 g/mol. The number of carbonyl (C=O) groups excluding carboxylic acids is 1. The number of benzene rings is 1. The Bertz CT molecular complexity index is 509. The monoisotopic (exact) mass is 262 g/mol. The topological polar surface area (TPSA) is 78.4 Å². The highest BCUT2D eigenvalue weighted by Gasteiger charge is 2.28. The number of hydrogen-bond acceptors (Lipinski definition) is 2. The fraction of sp³-hybridized carbons (Fsp3) is 0.429. The summed E-state index contributed by atoms with van der Waals surface area (Å²) in [7, 11) is 0. The molecule has 1 saturated carbocycles. The zero-order chi connectivity index (χ0) is 14.0. The van der Waals surface area contributed by atoms with Crippen LogP contribution in [0.1, 0.15) is 35.7 Å². The molecule has 0 saturated heterocycles. The lowest BCUT2D eigenvalue weighted by Crippen LogP contribution is -2.37. The number of carboxylic acid groups (broad SMARTS) is 1. The van der Waals surface area contributed by atoms with Gasteiger partial charge in [-0.1, -0.05) is 6.07 Å². The second-order valence-electron chi connectivity index (χ2n) is 5.06. The predicted octanol–water partition coefficient (Wildman–Crippen LogP) is 2.61. The average Bonchev–Trinajstić information content (AvgIpc) is 3.15. The summed E-state index contributed by atoms with van der Waals surface area (Å²) in [6.45, 7) is 3.81. The van der Waals surface area contributed by atoms with Crippen molar-refractivity contribution < 1.29 is 14.7 Å². The second-order valence-corrected chi connectivity index (χ2v) is 5.06. The molecule has 5 heteroatoms. The number of anilines is 1. The summed E-state index contributed by atoms with van der Waals surface area (Å²) in [6, 6.07) is 4.55. The first kappa shape index (κ1) is 13.4. The van der Waals surface area contributed by atoms with Crippen molar-refractivity contribution in [3.63, 3.8) is 0 Å². The molecule has 19 heavy (non-hydrogen) atoms. The highest BCUT2D eigenvalue weighted by atomic mass is 16.4. The molecule has 1 atom stereocenters. The maximum atomic E-state index is 11.8. The van der Waals surface area contributed by atoms with E-state index in [-0.39, 0.29) is 17.6 Å². The van der Waals surface area contributed by atoms with Crippen molar-refractivity contribution in [1.29, 1.82) is 0 Å².